The molecule has 1 aliphatic rings. The summed E-state index contributed by atoms with van der Waals surface area (Å²) < 4.78 is 9.58. The Morgan fingerprint density at radius 1 is 1.44 bits per heavy atom. The molecule has 6 heteroatoms. The minimum Gasteiger partial charge on any atom is -0.465 e. The minimum atomic E-state index is -1.15. The third kappa shape index (κ3) is 3.13. The molecule has 0 bridgehead atoms. The fraction of sp³-hybridized carbons (Fsp3) is 0.333. The highest BCUT2D eigenvalue weighted by Gasteiger charge is 2.33. The summed E-state index contributed by atoms with van der Waals surface area (Å²) in [5.41, 5.74) is 0.958. The van der Waals surface area contributed by atoms with Crippen LogP contribution in [0.2, 0.25) is 0 Å². The van der Waals surface area contributed by atoms with E-state index in [1.54, 1.807) is 0 Å². The van der Waals surface area contributed by atoms with Crippen molar-refractivity contribution in [2.45, 2.75) is 18.6 Å². The Morgan fingerprint density at radius 3 is 2.72 bits per heavy atom. The van der Waals surface area contributed by atoms with Crippen LogP contribution < -0.4 is 5.32 Å². The molecule has 6 nitrogen and oxygen atoms in total. The molecule has 1 amide bonds. The summed E-state index contributed by atoms with van der Waals surface area (Å²) in [6.07, 6.45) is -2.06. The topological polar surface area (TPSA) is 84.9 Å². The van der Waals surface area contributed by atoms with Crippen LogP contribution in [0.15, 0.2) is 30.3 Å². The first-order chi connectivity index (χ1) is 8.65. The quantitative estimate of drug-likeness (QED) is 0.790. The van der Waals surface area contributed by atoms with Crippen molar-refractivity contribution >= 4 is 12.2 Å². The lowest BCUT2D eigenvalue weighted by atomic mass is 10.0. The summed E-state index contributed by atoms with van der Waals surface area (Å²) in [6.45, 7) is 0.0661. The average Bonchev–Trinajstić information content (AvgIpc) is 2.76. The van der Waals surface area contributed by atoms with Crippen LogP contribution in [0, 0.1) is 0 Å². The molecule has 0 aromatic heterocycles. The number of hydrogen-bond donors (Lipinski definition) is 2. The molecule has 0 radical (unpaired) electrons. The van der Waals surface area contributed by atoms with E-state index in [4.69, 9.17) is 9.84 Å². The SMILES string of the molecule is O=C(O)N[C@@H](Cc1ccccc1)[C@H]1COC(=O)O1. The van der Waals surface area contributed by atoms with Gasteiger partial charge in [0.25, 0.3) is 0 Å². The maximum atomic E-state index is 10.9. The Morgan fingerprint density at radius 2 is 2.17 bits per heavy atom. The van der Waals surface area contributed by atoms with E-state index in [9.17, 15) is 9.59 Å². The van der Waals surface area contributed by atoms with Gasteiger partial charge in [-0.05, 0) is 12.0 Å². The van der Waals surface area contributed by atoms with Crippen molar-refractivity contribution in [2.75, 3.05) is 6.61 Å². The third-order valence-electron chi connectivity index (χ3n) is 2.67. The highest BCUT2D eigenvalue weighted by Crippen LogP contribution is 2.14. The Bertz CT molecular complexity index is 433. The van der Waals surface area contributed by atoms with Crippen molar-refractivity contribution in [3.8, 4) is 0 Å². The zero-order chi connectivity index (χ0) is 13.0. The maximum absolute atomic E-state index is 10.9. The van der Waals surface area contributed by atoms with E-state index in [1.807, 2.05) is 30.3 Å². The Balaban J connectivity index is 2.05. The first-order valence-corrected chi connectivity index (χ1v) is 5.52. The van der Waals surface area contributed by atoms with Crippen LogP contribution in [-0.4, -0.2) is 36.1 Å². The molecular formula is C12H13NO5. The van der Waals surface area contributed by atoms with Gasteiger partial charge in [0, 0.05) is 0 Å². The Kier molecular flexibility index (Phi) is 3.66. The predicted octanol–water partition coefficient (Wildman–Crippen LogP) is 1.40. The van der Waals surface area contributed by atoms with Gasteiger partial charge < -0.3 is 19.9 Å². The summed E-state index contributed by atoms with van der Waals surface area (Å²) in [5, 5.41) is 11.1. The summed E-state index contributed by atoms with van der Waals surface area (Å²) in [4.78, 5) is 21.6. The molecule has 1 fully saturated rings. The van der Waals surface area contributed by atoms with Crippen LogP contribution in [0.25, 0.3) is 0 Å². The molecule has 1 aromatic carbocycles. The number of carboxylic acid groups (broad SMARTS) is 1. The van der Waals surface area contributed by atoms with Gasteiger partial charge in [-0.3, -0.25) is 0 Å². The van der Waals surface area contributed by atoms with E-state index in [0.717, 1.165) is 5.56 Å². The van der Waals surface area contributed by atoms with Crippen molar-refractivity contribution in [2.24, 2.45) is 0 Å². The number of amides is 1. The monoisotopic (exact) mass is 251 g/mol. The van der Waals surface area contributed by atoms with Gasteiger partial charge >= 0.3 is 12.2 Å². The van der Waals surface area contributed by atoms with Gasteiger partial charge in [-0.1, -0.05) is 30.3 Å². The lowest BCUT2D eigenvalue weighted by molar-refractivity contribution is 0.103. The van der Waals surface area contributed by atoms with Crippen LogP contribution in [0.5, 0.6) is 0 Å². The van der Waals surface area contributed by atoms with E-state index in [2.05, 4.69) is 10.1 Å². The molecule has 0 aliphatic carbocycles. The first-order valence-electron chi connectivity index (χ1n) is 5.52. The molecular weight excluding hydrogens is 238 g/mol. The molecule has 1 aromatic rings. The number of rotatable bonds is 4. The fourth-order valence-corrected chi connectivity index (χ4v) is 1.84. The minimum absolute atomic E-state index is 0.0661. The van der Waals surface area contributed by atoms with Crippen molar-refractivity contribution in [1.29, 1.82) is 0 Å². The number of hydrogen-bond acceptors (Lipinski definition) is 4. The third-order valence-corrected chi connectivity index (χ3v) is 2.67. The van der Waals surface area contributed by atoms with Gasteiger partial charge in [-0.2, -0.15) is 0 Å². The van der Waals surface area contributed by atoms with E-state index in [0.29, 0.717) is 6.42 Å². The van der Waals surface area contributed by atoms with Crippen LogP contribution in [0.1, 0.15) is 5.56 Å². The molecule has 1 aliphatic heterocycles. The van der Waals surface area contributed by atoms with Crippen molar-refractivity contribution in [3.05, 3.63) is 35.9 Å². The molecule has 1 saturated heterocycles. The number of benzene rings is 1. The second kappa shape index (κ2) is 5.39. The van der Waals surface area contributed by atoms with Gasteiger partial charge in [-0.15, -0.1) is 0 Å². The summed E-state index contributed by atoms with van der Waals surface area (Å²) in [7, 11) is 0. The molecule has 0 spiro atoms. The zero-order valence-electron chi connectivity index (χ0n) is 9.54. The summed E-state index contributed by atoms with van der Waals surface area (Å²) >= 11 is 0. The Labute approximate surface area is 104 Å². The fourth-order valence-electron chi connectivity index (χ4n) is 1.84. The van der Waals surface area contributed by atoms with Crippen LogP contribution in [-0.2, 0) is 15.9 Å². The lowest BCUT2D eigenvalue weighted by Crippen LogP contribution is -2.45. The van der Waals surface area contributed by atoms with Gasteiger partial charge in [0.05, 0.1) is 6.04 Å². The number of cyclic esters (lactones) is 2. The molecule has 2 N–H and O–H groups in total. The lowest BCUT2D eigenvalue weighted by Gasteiger charge is -2.20. The number of nitrogens with one attached hydrogen (secondary N) is 1. The van der Waals surface area contributed by atoms with Gasteiger partial charge in [0.1, 0.15) is 6.61 Å². The average molecular weight is 251 g/mol. The molecule has 18 heavy (non-hydrogen) atoms. The van der Waals surface area contributed by atoms with E-state index in [-0.39, 0.29) is 6.61 Å². The predicted molar refractivity (Wildman–Crippen MR) is 61.3 cm³/mol. The van der Waals surface area contributed by atoms with Crippen LogP contribution >= 0.6 is 0 Å². The van der Waals surface area contributed by atoms with Crippen molar-refractivity contribution in [3.63, 3.8) is 0 Å². The largest absolute Gasteiger partial charge is 0.508 e. The molecule has 1 heterocycles. The smallest absolute Gasteiger partial charge is 0.465 e. The summed E-state index contributed by atoms with van der Waals surface area (Å²) in [6, 6.07) is 8.86. The number of ether oxygens (including phenoxy) is 2. The first kappa shape index (κ1) is 12.2. The standard InChI is InChI=1S/C12H13NO5/c14-11(15)13-9(10-7-17-12(16)18-10)6-8-4-2-1-3-5-8/h1-5,9-10,13H,6-7H2,(H,14,15)/t9-,10+/m0/s1. The normalized spacial score (nSPS) is 19.8. The highest BCUT2D eigenvalue weighted by atomic mass is 16.8. The maximum Gasteiger partial charge on any atom is 0.508 e. The zero-order valence-corrected chi connectivity index (χ0v) is 9.54. The van der Waals surface area contributed by atoms with Crippen LogP contribution in [0.4, 0.5) is 9.59 Å². The second-order valence-corrected chi connectivity index (χ2v) is 3.96. The highest BCUT2D eigenvalue weighted by molar-refractivity contribution is 5.66. The van der Waals surface area contributed by atoms with Gasteiger partial charge in [0.2, 0.25) is 0 Å². The molecule has 96 valence electrons. The van der Waals surface area contributed by atoms with E-state index in [1.165, 1.54) is 0 Å². The molecule has 0 unspecified atom stereocenters. The number of carbonyl (C=O) groups excluding carboxylic acids is 1. The van der Waals surface area contributed by atoms with E-state index < -0.39 is 24.4 Å². The van der Waals surface area contributed by atoms with Gasteiger partial charge in [-0.25, -0.2) is 9.59 Å². The van der Waals surface area contributed by atoms with Crippen LogP contribution in [0.3, 0.4) is 0 Å². The molecule has 2 atom stereocenters. The molecule has 0 saturated carbocycles. The molecule has 2 rings (SSSR count). The van der Waals surface area contributed by atoms with Crippen molar-refractivity contribution in [1.82, 2.24) is 5.32 Å². The number of carbonyl (C=O) groups is 2. The van der Waals surface area contributed by atoms with E-state index >= 15 is 0 Å². The van der Waals surface area contributed by atoms with Gasteiger partial charge in [0.15, 0.2) is 6.10 Å². The summed E-state index contributed by atoms with van der Waals surface area (Å²) in [5.74, 6) is 0. The second-order valence-electron chi connectivity index (χ2n) is 3.96. The Hall–Kier alpha value is -2.24. The van der Waals surface area contributed by atoms with Crippen molar-refractivity contribution < 1.29 is 24.2 Å².